The molecule has 3 rings (SSSR count). The summed E-state index contributed by atoms with van der Waals surface area (Å²) >= 11 is 5.62. The van der Waals surface area contributed by atoms with Crippen LogP contribution in [0.1, 0.15) is 15.9 Å². The molecule has 0 spiro atoms. The number of carbonyl (C=O) groups excluding carboxylic acids is 2. The Labute approximate surface area is 162 Å². The fourth-order valence-electron chi connectivity index (χ4n) is 2.81. The Bertz CT molecular complexity index is 1080. The fourth-order valence-corrected chi connectivity index (χ4v) is 2.98. The van der Waals surface area contributed by atoms with Crippen LogP contribution in [0, 0.1) is 0 Å². The van der Waals surface area contributed by atoms with Crippen molar-refractivity contribution in [3.63, 3.8) is 0 Å². The van der Waals surface area contributed by atoms with E-state index in [0.29, 0.717) is 22.6 Å². The van der Waals surface area contributed by atoms with Crippen LogP contribution in [0.15, 0.2) is 54.6 Å². The molecule has 0 aliphatic rings. The third-order valence-electron chi connectivity index (χ3n) is 4.09. The van der Waals surface area contributed by atoms with Crippen molar-refractivity contribution in [2.45, 2.75) is 6.18 Å². The Balaban J connectivity index is 1.98. The summed E-state index contributed by atoms with van der Waals surface area (Å²) in [4.78, 5) is 25.0. The van der Waals surface area contributed by atoms with Gasteiger partial charge in [-0.2, -0.15) is 13.2 Å². The normalized spacial score (nSPS) is 11.3. The van der Waals surface area contributed by atoms with E-state index in [1.54, 1.807) is 24.3 Å². The predicted molar refractivity (Wildman–Crippen MR) is 99.9 cm³/mol. The highest BCUT2D eigenvalue weighted by molar-refractivity contribution is 6.48. The van der Waals surface area contributed by atoms with Gasteiger partial charge in [0.25, 0.3) is 11.7 Å². The van der Waals surface area contributed by atoms with Gasteiger partial charge in [0.15, 0.2) is 0 Å². The first-order valence-corrected chi connectivity index (χ1v) is 8.38. The molecule has 3 aromatic carbocycles. The molecule has 0 bridgehead atoms. The van der Waals surface area contributed by atoms with Crippen LogP contribution in [-0.2, 0) is 11.0 Å². The van der Waals surface area contributed by atoms with Crippen LogP contribution in [0.2, 0.25) is 5.02 Å². The molecule has 28 heavy (non-hydrogen) atoms. The van der Waals surface area contributed by atoms with Crippen molar-refractivity contribution in [2.75, 3.05) is 12.4 Å². The molecule has 0 unspecified atom stereocenters. The van der Waals surface area contributed by atoms with E-state index in [4.69, 9.17) is 16.3 Å². The van der Waals surface area contributed by atoms with E-state index >= 15 is 0 Å². The van der Waals surface area contributed by atoms with Crippen LogP contribution in [0.3, 0.4) is 0 Å². The number of rotatable bonds is 4. The lowest BCUT2D eigenvalue weighted by Gasteiger charge is -2.14. The SMILES string of the molecule is COc1ccc(C(=O)C(=O)Nc2ccc(Cl)cc2C(F)(F)F)c2ccccc12. The maximum atomic E-state index is 13.2. The number of nitrogens with one attached hydrogen (secondary N) is 1. The number of Topliss-reactive ketones (excluding diaryl/α,β-unsaturated/α-hetero) is 1. The zero-order valence-electron chi connectivity index (χ0n) is 14.4. The minimum absolute atomic E-state index is 0.0522. The van der Waals surface area contributed by atoms with Crippen molar-refractivity contribution in [3.05, 3.63) is 70.7 Å². The van der Waals surface area contributed by atoms with Gasteiger partial charge in [0, 0.05) is 16.0 Å². The highest BCUT2D eigenvalue weighted by Gasteiger charge is 2.34. The molecule has 1 amide bonds. The van der Waals surface area contributed by atoms with Gasteiger partial charge >= 0.3 is 6.18 Å². The Kier molecular flexibility index (Phi) is 5.29. The number of hydrogen-bond donors (Lipinski definition) is 1. The number of amides is 1. The number of hydrogen-bond acceptors (Lipinski definition) is 3. The number of ketones is 1. The van der Waals surface area contributed by atoms with Crippen molar-refractivity contribution < 1.29 is 27.5 Å². The predicted octanol–water partition coefficient (Wildman–Crippen LogP) is 5.34. The molecule has 144 valence electrons. The quantitative estimate of drug-likeness (QED) is 0.469. The van der Waals surface area contributed by atoms with E-state index in [0.717, 1.165) is 6.07 Å². The molecule has 0 aliphatic carbocycles. The molecule has 0 aromatic heterocycles. The lowest BCUT2D eigenvalue weighted by atomic mass is 10.00. The van der Waals surface area contributed by atoms with E-state index in [2.05, 4.69) is 0 Å². The van der Waals surface area contributed by atoms with Crippen LogP contribution >= 0.6 is 11.6 Å². The zero-order chi connectivity index (χ0) is 20.5. The number of ether oxygens (including phenoxy) is 1. The maximum absolute atomic E-state index is 13.2. The summed E-state index contributed by atoms with van der Waals surface area (Å²) in [5.74, 6) is -1.66. The van der Waals surface area contributed by atoms with Crippen LogP contribution in [0.5, 0.6) is 5.75 Å². The Hall–Kier alpha value is -3.06. The van der Waals surface area contributed by atoms with E-state index in [9.17, 15) is 22.8 Å². The van der Waals surface area contributed by atoms with E-state index in [1.165, 1.54) is 25.3 Å². The van der Waals surface area contributed by atoms with E-state index in [1.807, 2.05) is 5.32 Å². The van der Waals surface area contributed by atoms with Crippen molar-refractivity contribution in [2.24, 2.45) is 0 Å². The average molecular weight is 408 g/mol. The molecule has 0 radical (unpaired) electrons. The van der Waals surface area contributed by atoms with Crippen molar-refractivity contribution in [3.8, 4) is 5.75 Å². The number of methoxy groups -OCH3 is 1. The van der Waals surface area contributed by atoms with Crippen molar-refractivity contribution >= 4 is 39.8 Å². The second kappa shape index (κ2) is 7.52. The number of anilines is 1. The topological polar surface area (TPSA) is 55.4 Å². The third-order valence-corrected chi connectivity index (χ3v) is 4.33. The Morgan fingerprint density at radius 3 is 2.32 bits per heavy atom. The molecule has 0 saturated heterocycles. The molecule has 0 aliphatic heterocycles. The van der Waals surface area contributed by atoms with Gasteiger partial charge in [-0.15, -0.1) is 0 Å². The van der Waals surface area contributed by atoms with Crippen LogP contribution in [0.4, 0.5) is 18.9 Å². The van der Waals surface area contributed by atoms with Crippen LogP contribution in [-0.4, -0.2) is 18.8 Å². The van der Waals surface area contributed by atoms with Gasteiger partial charge < -0.3 is 10.1 Å². The number of halogens is 4. The minimum atomic E-state index is -4.75. The summed E-state index contributed by atoms with van der Waals surface area (Å²) in [6, 6.07) is 12.6. The van der Waals surface area contributed by atoms with E-state index in [-0.39, 0.29) is 10.6 Å². The second-order valence-electron chi connectivity index (χ2n) is 5.83. The van der Waals surface area contributed by atoms with Crippen LogP contribution < -0.4 is 10.1 Å². The van der Waals surface area contributed by atoms with Gasteiger partial charge in [0.2, 0.25) is 0 Å². The summed E-state index contributed by atoms with van der Waals surface area (Å²) < 4.78 is 44.8. The highest BCUT2D eigenvalue weighted by atomic mass is 35.5. The van der Waals surface area contributed by atoms with Crippen LogP contribution in [0.25, 0.3) is 10.8 Å². The van der Waals surface area contributed by atoms with Crippen molar-refractivity contribution in [1.29, 1.82) is 0 Å². The second-order valence-corrected chi connectivity index (χ2v) is 6.27. The Morgan fingerprint density at radius 2 is 1.68 bits per heavy atom. The summed E-state index contributed by atoms with van der Waals surface area (Å²) in [5.41, 5.74) is -1.63. The molecule has 1 N–H and O–H groups in total. The molecule has 4 nitrogen and oxygen atoms in total. The molecule has 8 heteroatoms. The number of alkyl halides is 3. The largest absolute Gasteiger partial charge is 0.496 e. The zero-order valence-corrected chi connectivity index (χ0v) is 15.2. The number of fused-ring (bicyclic) bond motifs is 1. The van der Waals surface area contributed by atoms with E-state index < -0.39 is 29.1 Å². The Morgan fingerprint density at radius 1 is 1.00 bits per heavy atom. The smallest absolute Gasteiger partial charge is 0.418 e. The first-order chi connectivity index (χ1) is 13.2. The molecular formula is C20H13ClF3NO3. The lowest BCUT2D eigenvalue weighted by Crippen LogP contribution is -2.24. The molecule has 0 fully saturated rings. The highest BCUT2D eigenvalue weighted by Crippen LogP contribution is 2.36. The molecule has 0 heterocycles. The number of benzene rings is 3. The maximum Gasteiger partial charge on any atom is 0.418 e. The summed E-state index contributed by atoms with van der Waals surface area (Å²) in [7, 11) is 1.47. The molecule has 3 aromatic rings. The first kappa shape index (κ1) is 19.7. The summed E-state index contributed by atoms with van der Waals surface area (Å²) in [5, 5.41) is 2.95. The minimum Gasteiger partial charge on any atom is -0.496 e. The van der Waals surface area contributed by atoms with Crippen molar-refractivity contribution in [1.82, 2.24) is 0 Å². The fraction of sp³-hybridized carbons (Fsp3) is 0.100. The standard InChI is InChI=1S/C20H13ClF3NO3/c1-28-17-9-7-14(12-4-2-3-5-13(12)17)18(26)19(27)25-16-8-6-11(21)10-15(16)20(22,23)24/h2-10H,1H3,(H,25,27). The first-order valence-electron chi connectivity index (χ1n) is 8.00. The van der Waals surface area contributed by atoms with Gasteiger partial charge in [-0.25, -0.2) is 0 Å². The monoisotopic (exact) mass is 407 g/mol. The average Bonchev–Trinajstić information content (AvgIpc) is 2.67. The van der Waals surface area contributed by atoms with Gasteiger partial charge in [0.05, 0.1) is 18.4 Å². The summed E-state index contributed by atoms with van der Waals surface area (Å²) in [6.07, 6.45) is -4.75. The molecule has 0 saturated carbocycles. The lowest BCUT2D eigenvalue weighted by molar-refractivity contribution is -0.137. The third kappa shape index (κ3) is 3.80. The number of carbonyl (C=O) groups is 2. The van der Waals surface area contributed by atoms with Gasteiger partial charge in [-0.3, -0.25) is 9.59 Å². The molecule has 0 atom stereocenters. The van der Waals surface area contributed by atoms with Gasteiger partial charge in [0.1, 0.15) is 5.75 Å². The van der Waals surface area contributed by atoms with Gasteiger partial charge in [-0.1, -0.05) is 35.9 Å². The summed E-state index contributed by atoms with van der Waals surface area (Å²) in [6.45, 7) is 0. The van der Waals surface area contributed by atoms with Gasteiger partial charge in [-0.05, 0) is 35.7 Å². The molecular weight excluding hydrogens is 395 g/mol.